The molecule has 0 aliphatic carbocycles. The number of rotatable bonds is 2. The first-order chi connectivity index (χ1) is 6.90. The molecule has 2 rings (SSSR count). The molecule has 0 unspecified atom stereocenters. The van der Waals surface area contributed by atoms with Gasteiger partial charge < -0.3 is 4.90 Å². The summed E-state index contributed by atoms with van der Waals surface area (Å²) in [4.78, 5) is 10.6. The predicted octanol–water partition coefficient (Wildman–Crippen LogP) is 2.10. The van der Waals surface area contributed by atoms with Crippen molar-refractivity contribution in [1.82, 2.24) is 9.97 Å². The van der Waals surface area contributed by atoms with E-state index in [0.717, 1.165) is 24.8 Å². The summed E-state index contributed by atoms with van der Waals surface area (Å²) in [5, 5.41) is 0. The van der Waals surface area contributed by atoms with Crippen molar-refractivity contribution >= 4 is 5.82 Å². The first kappa shape index (κ1) is 9.44. The second-order valence-corrected chi connectivity index (χ2v) is 3.93. The van der Waals surface area contributed by atoms with E-state index in [1.807, 2.05) is 12.3 Å². The van der Waals surface area contributed by atoms with Crippen molar-refractivity contribution in [3.05, 3.63) is 18.6 Å². The normalized spacial score (nSPS) is 22.4. The van der Waals surface area contributed by atoms with Crippen LogP contribution < -0.4 is 4.90 Å². The summed E-state index contributed by atoms with van der Waals surface area (Å²) >= 11 is 0. The summed E-state index contributed by atoms with van der Waals surface area (Å²) in [6.45, 7) is 4.58. The van der Waals surface area contributed by atoms with Gasteiger partial charge in [-0.05, 0) is 24.8 Å². The molecule has 1 aromatic rings. The molecule has 0 amide bonds. The second kappa shape index (κ2) is 4.40. The molecule has 0 radical (unpaired) electrons. The molecule has 3 nitrogen and oxygen atoms in total. The van der Waals surface area contributed by atoms with Crippen LogP contribution in [0.1, 0.15) is 26.2 Å². The van der Waals surface area contributed by atoms with Crippen LogP contribution in [-0.2, 0) is 0 Å². The maximum Gasteiger partial charge on any atom is 0.131 e. The van der Waals surface area contributed by atoms with Crippen LogP contribution in [0.5, 0.6) is 0 Å². The number of hydrogen-bond donors (Lipinski definition) is 0. The summed E-state index contributed by atoms with van der Waals surface area (Å²) in [7, 11) is 0. The van der Waals surface area contributed by atoms with E-state index in [2.05, 4.69) is 21.8 Å². The van der Waals surface area contributed by atoms with Crippen molar-refractivity contribution in [1.29, 1.82) is 0 Å². The van der Waals surface area contributed by atoms with E-state index in [1.54, 1.807) is 6.33 Å². The summed E-state index contributed by atoms with van der Waals surface area (Å²) in [5.74, 6) is 1.93. The number of anilines is 1. The van der Waals surface area contributed by atoms with Crippen molar-refractivity contribution in [2.24, 2.45) is 5.92 Å². The average Bonchev–Trinajstić information content (AvgIpc) is 2.30. The molecule has 0 bridgehead atoms. The van der Waals surface area contributed by atoms with Gasteiger partial charge in [0.25, 0.3) is 0 Å². The minimum Gasteiger partial charge on any atom is -0.356 e. The molecular formula is C11H17N3. The van der Waals surface area contributed by atoms with Gasteiger partial charge in [0.1, 0.15) is 12.1 Å². The quantitative estimate of drug-likeness (QED) is 0.717. The van der Waals surface area contributed by atoms with Crippen molar-refractivity contribution < 1.29 is 0 Å². The molecule has 3 heteroatoms. The summed E-state index contributed by atoms with van der Waals surface area (Å²) in [6, 6.07) is 2.00. The highest BCUT2D eigenvalue weighted by molar-refractivity contribution is 5.36. The molecule has 2 heterocycles. The van der Waals surface area contributed by atoms with Gasteiger partial charge in [-0.3, -0.25) is 0 Å². The Hall–Kier alpha value is -1.12. The zero-order chi connectivity index (χ0) is 9.80. The standard InChI is InChI=1S/C11H17N3/c1-2-10-4-3-7-14(8-10)11-5-6-12-9-13-11/h5-6,9-10H,2-4,7-8H2,1H3/t10-/m1/s1. The minimum atomic E-state index is 0.846. The van der Waals surface area contributed by atoms with Crippen LogP contribution in [0.3, 0.4) is 0 Å². The third kappa shape index (κ3) is 2.03. The monoisotopic (exact) mass is 191 g/mol. The fraction of sp³-hybridized carbons (Fsp3) is 0.636. The fourth-order valence-corrected chi connectivity index (χ4v) is 2.08. The Balaban J connectivity index is 2.04. The number of hydrogen-bond acceptors (Lipinski definition) is 3. The van der Waals surface area contributed by atoms with E-state index in [0.29, 0.717) is 0 Å². The number of nitrogens with zero attached hydrogens (tertiary/aromatic N) is 3. The van der Waals surface area contributed by atoms with Crippen LogP contribution >= 0.6 is 0 Å². The Morgan fingerprint density at radius 1 is 1.57 bits per heavy atom. The maximum absolute atomic E-state index is 4.29. The molecule has 0 spiro atoms. The number of piperidine rings is 1. The van der Waals surface area contributed by atoms with Gasteiger partial charge in [-0.1, -0.05) is 13.3 Å². The topological polar surface area (TPSA) is 29.0 Å². The lowest BCUT2D eigenvalue weighted by molar-refractivity contribution is 0.403. The van der Waals surface area contributed by atoms with Crippen LogP contribution in [0.25, 0.3) is 0 Å². The van der Waals surface area contributed by atoms with Gasteiger partial charge in [-0.25, -0.2) is 9.97 Å². The molecule has 1 saturated heterocycles. The zero-order valence-corrected chi connectivity index (χ0v) is 8.69. The smallest absolute Gasteiger partial charge is 0.131 e. The predicted molar refractivity (Wildman–Crippen MR) is 57.3 cm³/mol. The Bertz CT molecular complexity index is 273. The maximum atomic E-state index is 4.29. The van der Waals surface area contributed by atoms with Crippen LogP contribution in [0.15, 0.2) is 18.6 Å². The Morgan fingerprint density at radius 2 is 2.50 bits per heavy atom. The van der Waals surface area contributed by atoms with Gasteiger partial charge in [-0.2, -0.15) is 0 Å². The molecule has 1 atom stereocenters. The van der Waals surface area contributed by atoms with Crippen LogP contribution in [-0.4, -0.2) is 23.1 Å². The van der Waals surface area contributed by atoms with Crippen LogP contribution in [0.2, 0.25) is 0 Å². The van der Waals surface area contributed by atoms with Crippen molar-refractivity contribution in [3.63, 3.8) is 0 Å². The van der Waals surface area contributed by atoms with Crippen molar-refractivity contribution in [2.75, 3.05) is 18.0 Å². The molecule has 1 aliphatic rings. The Kier molecular flexibility index (Phi) is 2.96. The highest BCUT2D eigenvalue weighted by Crippen LogP contribution is 2.22. The molecule has 0 saturated carbocycles. The fourth-order valence-electron chi connectivity index (χ4n) is 2.08. The SMILES string of the molecule is CC[C@@H]1CCCN(c2ccncn2)C1. The third-order valence-corrected chi connectivity index (χ3v) is 2.99. The average molecular weight is 191 g/mol. The first-order valence-electron chi connectivity index (χ1n) is 5.41. The van der Waals surface area contributed by atoms with E-state index >= 15 is 0 Å². The zero-order valence-electron chi connectivity index (χ0n) is 8.69. The molecular weight excluding hydrogens is 174 g/mol. The molecule has 0 aromatic carbocycles. The number of aromatic nitrogens is 2. The van der Waals surface area contributed by atoms with Crippen LogP contribution in [0.4, 0.5) is 5.82 Å². The van der Waals surface area contributed by atoms with E-state index in [4.69, 9.17) is 0 Å². The molecule has 1 aromatic heterocycles. The second-order valence-electron chi connectivity index (χ2n) is 3.93. The van der Waals surface area contributed by atoms with Gasteiger partial charge in [0.05, 0.1) is 0 Å². The largest absolute Gasteiger partial charge is 0.356 e. The third-order valence-electron chi connectivity index (χ3n) is 2.99. The van der Waals surface area contributed by atoms with E-state index in [-0.39, 0.29) is 0 Å². The molecule has 14 heavy (non-hydrogen) atoms. The van der Waals surface area contributed by atoms with Crippen molar-refractivity contribution in [3.8, 4) is 0 Å². The minimum absolute atomic E-state index is 0.846. The van der Waals surface area contributed by atoms with Gasteiger partial charge in [0.2, 0.25) is 0 Å². The summed E-state index contributed by atoms with van der Waals surface area (Å²) in [6.07, 6.45) is 7.39. The molecule has 0 N–H and O–H groups in total. The Morgan fingerprint density at radius 3 is 3.21 bits per heavy atom. The molecule has 1 fully saturated rings. The lowest BCUT2D eigenvalue weighted by Crippen LogP contribution is -2.35. The molecule has 76 valence electrons. The van der Waals surface area contributed by atoms with Gasteiger partial charge in [0, 0.05) is 19.3 Å². The lowest BCUT2D eigenvalue weighted by Gasteiger charge is -2.32. The van der Waals surface area contributed by atoms with E-state index in [9.17, 15) is 0 Å². The van der Waals surface area contributed by atoms with E-state index in [1.165, 1.54) is 19.3 Å². The molecule has 1 aliphatic heterocycles. The van der Waals surface area contributed by atoms with Gasteiger partial charge in [-0.15, -0.1) is 0 Å². The first-order valence-corrected chi connectivity index (χ1v) is 5.41. The van der Waals surface area contributed by atoms with Crippen LogP contribution in [0, 0.1) is 5.92 Å². The van der Waals surface area contributed by atoms with E-state index < -0.39 is 0 Å². The Labute approximate surface area is 85.2 Å². The highest BCUT2D eigenvalue weighted by atomic mass is 15.2. The highest BCUT2D eigenvalue weighted by Gasteiger charge is 2.18. The summed E-state index contributed by atoms with van der Waals surface area (Å²) in [5.41, 5.74) is 0. The van der Waals surface area contributed by atoms with Gasteiger partial charge >= 0.3 is 0 Å². The van der Waals surface area contributed by atoms with Gasteiger partial charge in [0.15, 0.2) is 0 Å². The van der Waals surface area contributed by atoms with Crippen molar-refractivity contribution in [2.45, 2.75) is 26.2 Å². The summed E-state index contributed by atoms with van der Waals surface area (Å²) < 4.78 is 0. The lowest BCUT2D eigenvalue weighted by atomic mass is 9.96.